The molecule has 1 saturated heterocycles. The van der Waals surface area contributed by atoms with E-state index in [1.807, 2.05) is 50.2 Å². The Morgan fingerprint density at radius 2 is 1.56 bits per heavy atom. The van der Waals surface area contributed by atoms with Gasteiger partial charge in [0.15, 0.2) is 0 Å². The van der Waals surface area contributed by atoms with Crippen molar-refractivity contribution in [3.8, 4) is 0 Å². The Morgan fingerprint density at radius 1 is 1.00 bits per heavy atom. The molecule has 1 atom stereocenters. The molecule has 5 heteroatoms. The molecule has 0 unspecified atom stereocenters. The van der Waals surface area contributed by atoms with Gasteiger partial charge in [0.2, 0.25) is 0 Å². The standard InChI is InChI=1S/C22H23NO4/c1-14-4-8-16(9-5-14)19-18(20(24)17-10-6-15(2)7-11-17)21(25)22(26)23(19)12-13-27-3/h4-11,19,24H,12-13H2,1-3H3/t19-/m0/s1. The number of benzene rings is 2. The number of carbonyl (C=O) groups excluding carboxylic acids is 2. The van der Waals surface area contributed by atoms with Crippen LogP contribution in [0, 0.1) is 13.8 Å². The molecule has 27 heavy (non-hydrogen) atoms. The molecule has 1 heterocycles. The summed E-state index contributed by atoms with van der Waals surface area (Å²) in [5, 5.41) is 10.9. The van der Waals surface area contributed by atoms with Gasteiger partial charge in [-0.25, -0.2) is 0 Å². The average Bonchev–Trinajstić information content (AvgIpc) is 2.91. The van der Waals surface area contributed by atoms with E-state index in [1.54, 1.807) is 19.2 Å². The van der Waals surface area contributed by atoms with Crippen molar-refractivity contribution < 1.29 is 19.4 Å². The van der Waals surface area contributed by atoms with Gasteiger partial charge in [-0.3, -0.25) is 9.59 Å². The molecular weight excluding hydrogens is 342 g/mol. The number of amides is 1. The highest BCUT2D eigenvalue weighted by molar-refractivity contribution is 6.46. The van der Waals surface area contributed by atoms with Crippen molar-refractivity contribution in [3.63, 3.8) is 0 Å². The van der Waals surface area contributed by atoms with Crippen LogP contribution in [0.5, 0.6) is 0 Å². The second-order valence-electron chi connectivity index (χ2n) is 6.76. The number of nitrogens with zero attached hydrogens (tertiary/aromatic N) is 1. The zero-order valence-electron chi connectivity index (χ0n) is 15.7. The van der Waals surface area contributed by atoms with Crippen molar-refractivity contribution in [2.24, 2.45) is 0 Å². The first kappa shape index (κ1) is 18.9. The van der Waals surface area contributed by atoms with Crippen LogP contribution in [0.4, 0.5) is 0 Å². The number of hydrogen-bond acceptors (Lipinski definition) is 4. The number of methoxy groups -OCH3 is 1. The van der Waals surface area contributed by atoms with Gasteiger partial charge in [0.1, 0.15) is 5.76 Å². The highest BCUT2D eigenvalue weighted by atomic mass is 16.5. The van der Waals surface area contributed by atoms with Gasteiger partial charge < -0.3 is 14.7 Å². The van der Waals surface area contributed by atoms with Gasteiger partial charge in [0.05, 0.1) is 18.2 Å². The zero-order chi connectivity index (χ0) is 19.6. The molecule has 0 spiro atoms. The molecule has 140 valence electrons. The summed E-state index contributed by atoms with van der Waals surface area (Å²) >= 11 is 0. The van der Waals surface area contributed by atoms with E-state index in [9.17, 15) is 14.7 Å². The number of hydrogen-bond donors (Lipinski definition) is 1. The molecule has 0 aromatic heterocycles. The second kappa shape index (κ2) is 7.76. The van der Waals surface area contributed by atoms with Crippen LogP contribution >= 0.6 is 0 Å². The quantitative estimate of drug-likeness (QED) is 0.501. The summed E-state index contributed by atoms with van der Waals surface area (Å²) in [6.45, 7) is 4.49. The maximum absolute atomic E-state index is 12.8. The number of Topliss-reactive ketones (excluding diaryl/α,β-unsaturated/α-hetero) is 1. The Hall–Kier alpha value is -2.92. The number of likely N-dealkylation sites (tertiary alicyclic amines) is 1. The van der Waals surface area contributed by atoms with Gasteiger partial charge in [-0.2, -0.15) is 0 Å². The minimum absolute atomic E-state index is 0.115. The molecule has 1 amide bonds. The van der Waals surface area contributed by atoms with Crippen LogP contribution in [-0.4, -0.2) is 42.0 Å². The second-order valence-corrected chi connectivity index (χ2v) is 6.76. The van der Waals surface area contributed by atoms with E-state index in [0.717, 1.165) is 16.7 Å². The number of aliphatic hydroxyl groups is 1. The van der Waals surface area contributed by atoms with Crippen molar-refractivity contribution in [1.29, 1.82) is 0 Å². The number of ketones is 1. The van der Waals surface area contributed by atoms with Crippen LogP contribution in [0.3, 0.4) is 0 Å². The summed E-state index contributed by atoms with van der Waals surface area (Å²) in [5.74, 6) is -1.44. The van der Waals surface area contributed by atoms with Crippen molar-refractivity contribution in [3.05, 3.63) is 76.4 Å². The largest absolute Gasteiger partial charge is 0.507 e. The number of ether oxygens (including phenoxy) is 1. The third kappa shape index (κ3) is 3.64. The van der Waals surface area contributed by atoms with E-state index in [-0.39, 0.29) is 17.9 Å². The maximum atomic E-state index is 12.8. The van der Waals surface area contributed by atoms with Crippen LogP contribution in [0.1, 0.15) is 28.3 Å². The Labute approximate surface area is 158 Å². The van der Waals surface area contributed by atoms with Crippen LogP contribution < -0.4 is 0 Å². The van der Waals surface area contributed by atoms with Gasteiger partial charge in [0.25, 0.3) is 11.7 Å². The topological polar surface area (TPSA) is 66.8 Å². The van der Waals surface area contributed by atoms with E-state index in [2.05, 4.69) is 0 Å². The predicted octanol–water partition coefficient (Wildman–Crippen LogP) is 3.37. The highest BCUT2D eigenvalue weighted by Gasteiger charge is 2.45. The van der Waals surface area contributed by atoms with Gasteiger partial charge in [-0.15, -0.1) is 0 Å². The van der Waals surface area contributed by atoms with E-state index in [1.165, 1.54) is 4.90 Å². The van der Waals surface area contributed by atoms with E-state index < -0.39 is 17.7 Å². The summed E-state index contributed by atoms with van der Waals surface area (Å²) in [5.41, 5.74) is 3.53. The normalized spacial score (nSPS) is 18.9. The summed E-state index contributed by atoms with van der Waals surface area (Å²) in [6, 6.07) is 14.2. The Balaban J connectivity index is 2.14. The van der Waals surface area contributed by atoms with Crippen LogP contribution in [0.2, 0.25) is 0 Å². The monoisotopic (exact) mass is 365 g/mol. The minimum Gasteiger partial charge on any atom is -0.507 e. The lowest BCUT2D eigenvalue weighted by molar-refractivity contribution is -0.140. The Morgan fingerprint density at radius 3 is 2.11 bits per heavy atom. The fraction of sp³-hybridized carbons (Fsp3) is 0.273. The third-order valence-electron chi connectivity index (χ3n) is 4.79. The molecule has 0 saturated carbocycles. The van der Waals surface area contributed by atoms with Gasteiger partial charge in [-0.05, 0) is 19.4 Å². The lowest BCUT2D eigenvalue weighted by Crippen LogP contribution is -2.32. The van der Waals surface area contributed by atoms with Crippen molar-refractivity contribution in [2.75, 3.05) is 20.3 Å². The molecule has 1 N–H and O–H groups in total. The smallest absolute Gasteiger partial charge is 0.295 e. The highest BCUT2D eigenvalue weighted by Crippen LogP contribution is 2.39. The molecule has 2 aromatic rings. The lowest BCUT2D eigenvalue weighted by Gasteiger charge is -2.25. The van der Waals surface area contributed by atoms with Crippen molar-refractivity contribution >= 4 is 17.4 Å². The number of rotatable bonds is 5. The molecule has 1 aliphatic rings. The first-order chi connectivity index (χ1) is 12.9. The van der Waals surface area contributed by atoms with Gasteiger partial charge >= 0.3 is 0 Å². The van der Waals surface area contributed by atoms with Gasteiger partial charge in [0, 0.05) is 19.2 Å². The van der Waals surface area contributed by atoms with E-state index >= 15 is 0 Å². The van der Waals surface area contributed by atoms with Crippen LogP contribution in [0.25, 0.3) is 5.76 Å². The first-order valence-corrected chi connectivity index (χ1v) is 8.85. The lowest BCUT2D eigenvalue weighted by atomic mass is 9.94. The first-order valence-electron chi connectivity index (χ1n) is 8.85. The number of carbonyl (C=O) groups is 2. The molecule has 0 bridgehead atoms. The summed E-state index contributed by atoms with van der Waals surface area (Å²) in [6.07, 6.45) is 0. The summed E-state index contributed by atoms with van der Waals surface area (Å²) in [7, 11) is 1.55. The molecule has 0 aliphatic carbocycles. The molecular formula is C22H23NO4. The summed E-state index contributed by atoms with van der Waals surface area (Å²) in [4.78, 5) is 26.9. The van der Waals surface area contributed by atoms with E-state index in [4.69, 9.17) is 4.74 Å². The zero-order valence-corrected chi connectivity index (χ0v) is 15.7. The van der Waals surface area contributed by atoms with Gasteiger partial charge in [-0.1, -0.05) is 59.7 Å². The minimum atomic E-state index is -0.672. The molecule has 1 fully saturated rings. The predicted molar refractivity (Wildman–Crippen MR) is 103 cm³/mol. The van der Waals surface area contributed by atoms with Crippen molar-refractivity contribution in [2.45, 2.75) is 19.9 Å². The van der Waals surface area contributed by atoms with Crippen LogP contribution in [0.15, 0.2) is 54.1 Å². The molecule has 2 aromatic carbocycles. The average molecular weight is 365 g/mol. The fourth-order valence-electron chi connectivity index (χ4n) is 3.26. The number of aliphatic hydroxyl groups excluding tert-OH is 1. The third-order valence-corrected chi connectivity index (χ3v) is 4.79. The molecule has 5 nitrogen and oxygen atoms in total. The number of aryl methyl sites for hydroxylation is 2. The molecule has 3 rings (SSSR count). The maximum Gasteiger partial charge on any atom is 0.295 e. The summed E-state index contributed by atoms with van der Waals surface area (Å²) < 4.78 is 5.10. The van der Waals surface area contributed by atoms with Crippen molar-refractivity contribution in [1.82, 2.24) is 4.90 Å². The van der Waals surface area contributed by atoms with Crippen LogP contribution in [-0.2, 0) is 14.3 Å². The fourth-order valence-corrected chi connectivity index (χ4v) is 3.26. The molecule has 0 radical (unpaired) electrons. The van der Waals surface area contributed by atoms with E-state index in [0.29, 0.717) is 12.2 Å². The molecule has 1 aliphatic heterocycles. The SMILES string of the molecule is COCCN1C(=O)C(=O)C(=C(O)c2ccc(C)cc2)[C@@H]1c1ccc(C)cc1. The Bertz CT molecular complexity index is 882. The Kier molecular flexibility index (Phi) is 5.42.